The molecule has 10 heteroatoms. The summed E-state index contributed by atoms with van der Waals surface area (Å²) in [6.07, 6.45) is 0. The Morgan fingerprint density at radius 3 is 2.46 bits per heavy atom. The van der Waals surface area contributed by atoms with Crippen LogP contribution in [0.1, 0.15) is 39.8 Å². The van der Waals surface area contributed by atoms with Crippen LogP contribution >= 0.6 is 0 Å². The number of aryl methyl sites for hydroxylation is 1. The van der Waals surface area contributed by atoms with E-state index in [-0.39, 0.29) is 17.1 Å². The Hall–Kier alpha value is -4.34. The molecule has 1 aliphatic rings. The van der Waals surface area contributed by atoms with Gasteiger partial charge in [-0.25, -0.2) is 9.18 Å². The molecule has 1 saturated heterocycles. The Kier molecular flexibility index (Phi) is 5.98. The molecule has 1 aliphatic heterocycles. The zero-order valence-corrected chi connectivity index (χ0v) is 19.4. The first-order valence-electron chi connectivity index (χ1n) is 10.8. The minimum Gasteiger partial charge on any atom is -0.344 e. The molecule has 1 fully saturated rings. The third kappa shape index (κ3) is 4.30. The van der Waals surface area contributed by atoms with E-state index in [0.717, 1.165) is 16.2 Å². The molecule has 0 bridgehead atoms. The second kappa shape index (κ2) is 8.79. The van der Waals surface area contributed by atoms with E-state index in [2.05, 4.69) is 5.32 Å². The molecule has 180 valence electrons. The lowest BCUT2D eigenvalue weighted by Crippen LogP contribution is -2.41. The van der Waals surface area contributed by atoms with Crippen LogP contribution in [-0.4, -0.2) is 38.7 Å². The van der Waals surface area contributed by atoms with Gasteiger partial charge in [0.1, 0.15) is 11.4 Å². The van der Waals surface area contributed by atoms with Crippen molar-refractivity contribution in [2.45, 2.75) is 32.9 Å². The van der Waals surface area contributed by atoms with Crippen LogP contribution in [0.25, 0.3) is 0 Å². The molecule has 4 rings (SSSR count). The van der Waals surface area contributed by atoms with Crippen molar-refractivity contribution in [1.82, 2.24) is 14.8 Å². The van der Waals surface area contributed by atoms with Crippen molar-refractivity contribution in [1.29, 1.82) is 0 Å². The molecule has 2 aromatic carbocycles. The Morgan fingerprint density at radius 2 is 1.80 bits per heavy atom. The molecule has 2 heterocycles. The number of imide groups is 1. The highest BCUT2D eigenvalue weighted by molar-refractivity contribution is 6.11. The number of nitrogens with one attached hydrogen (secondary N) is 1. The standard InChI is InChI=1S/C25H23FN4O5/c1-15-11-21(16(2)28(15)13-17-7-9-19(26)10-8-17)22(31)14-29-23(32)25(3,27-24(29)33)18-5-4-6-20(12-18)30(34)35/h4-12H,13-14H2,1-3H3,(H,27,33). The molecule has 3 aromatic rings. The largest absolute Gasteiger partial charge is 0.344 e. The van der Waals surface area contributed by atoms with Crippen molar-refractivity contribution in [3.05, 3.63) is 98.6 Å². The number of carbonyl (C=O) groups is 3. The van der Waals surface area contributed by atoms with Gasteiger partial charge in [-0.3, -0.25) is 24.6 Å². The number of nitro benzene ring substituents is 1. The molecular weight excluding hydrogens is 455 g/mol. The van der Waals surface area contributed by atoms with Crippen LogP contribution < -0.4 is 5.32 Å². The summed E-state index contributed by atoms with van der Waals surface area (Å²) in [6, 6.07) is 12.5. The zero-order valence-electron chi connectivity index (χ0n) is 19.4. The van der Waals surface area contributed by atoms with E-state index in [1.165, 1.54) is 43.3 Å². The molecule has 0 saturated carbocycles. The molecule has 1 atom stereocenters. The summed E-state index contributed by atoms with van der Waals surface area (Å²) in [4.78, 5) is 50.4. The van der Waals surface area contributed by atoms with Crippen LogP contribution in [0.2, 0.25) is 0 Å². The maximum Gasteiger partial charge on any atom is 0.325 e. The maximum atomic E-state index is 13.2. The van der Waals surface area contributed by atoms with E-state index in [4.69, 9.17) is 0 Å². The number of halogens is 1. The second-order valence-electron chi connectivity index (χ2n) is 8.67. The number of nitrogens with zero attached hydrogens (tertiary/aromatic N) is 3. The highest BCUT2D eigenvalue weighted by atomic mass is 19.1. The number of nitro groups is 1. The fourth-order valence-electron chi connectivity index (χ4n) is 4.29. The van der Waals surface area contributed by atoms with Crippen molar-refractivity contribution < 1.29 is 23.7 Å². The van der Waals surface area contributed by atoms with Gasteiger partial charge in [-0.15, -0.1) is 0 Å². The Labute approximate surface area is 200 Å². The highest BCUT2D eigenvalue weighted by Gasteiger charge is 2.50. The van der Waals surface area contributed by atoms with Gasteiger partial charge in [0, 0.05) is 35.6 Å². The lowest BCUT2D eigenvalue weighted by Gasteiger charge is -2.22. The van der Waals surface area contributed by atoms with E-state index in [9.17, 15) is 28.9 Å². The normalized spacial score (nSPS) is 17.5. The summed E-state index contributed by atoms with van der Waals surface area (Å²) in [5, 5.41) is 13.7. The second-order valence-corrected chi connectivity index (χ2v) is 8.67. The number of ketones is 1. The predicted octanol–water partition coefficient (Wildman–Crippen LogP) is 3.85. The number of aromatic nitrogens is 1. The maximum absolute atomic E-state index is 13.2. The Bertz CT molecular complexity index is 1360. The number of carbonyl (C=O) groups excluding carboxylic acids is 3. The van der Waals surface area contributed by atoms with Crippen molar-refractivity contribution >= 4 is 23.4 Å². The topological polar surface area (TPSA) is 115 Å². The van der Waals surface area contributed by atoms with Gasteiger partial charge in [-0.1, -0.05) is 24.3 Å². The first kappa shape index (κ1) is 23.8. The summed E-state index contributed by atoms with van der Waals surface area (Å²) in [6.45, 7) is 5.00. The Morgan fingerprint density at radius 1 is 1.11 bits per heavy atom. The van der Waals surface area contributed by atoms with E-state index >= 15 is 0 Å². The number of amides is 3. The van der Waals surface area contributed by atoms with Crippen molar-refractivity contribution in [2.24, 2.45) is 0 Å². The zero-order chi connectivity index (χ0) is 25.5. The van der Waals surface area contributed by atoms with Crippen LogP contribution in [0.5, 0.6) is 0 Å². The smallest absolute Gasteiger partial charge is 0.325 e. The van der Waals surface area contributed by atoms with Gasteiger partial charge in [0.25, 0.3) is 11.6 Å². The molecule has 0 aliphatic carbocycles. The van der Waals surface area contributed by atoms with Gasteiger partial charge in [0.05, 0.1) is 11.5 Å². The van der Waals surface area contributed by atoms with Crippen LogP contribution in [0.3, 0.4) is 0 Å². The van der Waals surface area contributed by atoms with Crippen molar-refractivity contribution in [3.63, 3.8) is 0 Å². The third-order valence-corrected chi connectivity index (χ3v) is 6.34. The van der Waals surface area contributed by atoms with Crippen molar-refractivity contribution in [2.75, 3.05) is 6.54 Å². The number of benzene rings is 2. The molecule has 3 amide bonds. The molecule has 1 N–H and O–H groups in total. The van der Waals surface area contributed by atoms with E-state index < -0.39 is 34.7 Å². The van der Waals surface area contributed by atoms with Crippen LogP contribution in [0, 0.1) is 29.8 Å². The van der Waals surface area contributed by atoms with Crippen LogP contribution in [-0.2, 0) is 16.9 Å². The number of urea groups is 1. The van der Waals surface area contributed by atoms with E-state index in [1.807, 2.05) is 11.5 Å². The SMILES string of the molecule is Cc1cc(C(=O)CN2C(=O)NC(C)(c3cccc([N+](=O)[O-])c3)C2=O)c(C)n1Cc1ccc(F)cc1. The van der Waals surface area contributed by atoms with Gasteiger partial charge in [0.2, 0.25) is 0 Å². The fourth-order valence-corrected chi connectivity index (χ4v) is 4.29. The number of hydrogen-bond acceptors (Lipinski definition) is 5. The van der Waals surface area contributed by atoms with Gasteiger partial charge in [0.15, 0.2) is 5.78 Å². The molecule has 1 unspecified atom stereocenters. The number of Topliss-reactive ketones (excluding diaryl/α,β-unsaturated/α-hetero) is 1. The monoisotopic (exact) mass is 478 g/mol. The predicted molar refractivity (Wildman–Crippen MR) is 124 cm³/mol. The first-order valence-corrected chi connectivity index (χ1v) is 10.8. The summed E-state index contributed by atoms with van der Waals surface area (Å²) >= 11 is 0. The van der Waals surface area contributed by atoms with Gasteiger partial charge < -0.3 is 9.88 Å². The molecule has 0 radical (unpaired) electrons. The average molecular weight is 478 g/mol. The summed E-state index contributed by atoms with van der Waals surface area (Å²) in [5.41, 5.74) is 1.18. The van der Waals surface area contributed by atoms with Gasteiger partial charge in [-0.05, 0) is 50.1 Å². The lowest BCUT2D eigenvalue weighted by molar-refractivity contribution is -0.385. The van der Waals surface area contributed by atoms with Crippen LogP contribution in [0.4, 0.5) is 14.9 Å². The molecule has 0 spiro atoms. The fraction of sp³-hybridized carbons (Fsp3) is 0.240. The van der Waals surface area contributed by atoms with Crippen LogP contribution in [0.15, 0.2) is 54.6 Å². The quantitative estimate of drug-likeness (QED) is 0.240. The van der Waals surface area contributed by atoms with E-state index in [1.54, 1.807) is 25.1 Å². The van der Waals surface area contributed by atoms with Gasteiger partial charge >= 0.3 is 6.03 Å². The molecule has 9 nitrogen and oxygen atoms in total. The number of rotatable bonds is 7. The minimum absolute atomic E-state index is 0.214. The molecule has 35 heavy (non-hydrogen) atoms. The number of hydrogen-bond donors (Lipinski definition) is 1. The van der Waals surface area contributed by atoms with Crippen molar-refractivity contribution in [3.8, 4) is 0 Å². The van der Waals surface area contributed by atoms with Gasteiger partial charge in [-0.2, -0.15) is 0 Å². The first-order chi connectivity index (χ1) is 16.5. The lowest BCUT2D eigenvalue weighted by atomic mass is 9.91. The summed E-state index contributed by atoms with van der Waals surface area (Å²) in [7, 11) is 0. The highest BCUT2D eigenvalue weighted by Crippen LogP contribution is 2.31. The number of non-ortho nitro benzene ring substituents is 1. The minimum atomic E-state index is -1.54. The third-order valence-electron chi connectivity index (χ3n) is 6.34. The molecule has 1 aromatic heterocycles. The average Bonchev–Trinajstić information content (AvgIpc) is 3.23. The van der Waals surface area contributed by atoms with E-state index in [0.29, 0.717) is 17.8 Å². The molecular formula is C25H23FN4O5. The Balaban J connectivity index is 1.56. The summed E-state index contributed by atoms with van der Waals surface area (Å²) in [5.74, 6) is -1.43. The summed E-state index contributed by atoms with van der Waals surface area (Å²) < 4.78 is 15.1.